The lowest BCUT2D eigenvalue weighted by molar-refractivity contribution is 0.312. The monoisotopic (exact) mass is 319 g/mol. The van der Waals surface area contributed by atoms with Gasteiger partial charge in [0.25, 0.3) is 0 Å². The van der Waals surface area contributed by atoms with Crippen LogP contribution < -0.4 is 0 Å². The second kappa shape index (κ2) is 7.36. The zero-order chi connectivity index (χ0) is 15.3. The third kappa shape index (κ3) is 4.70. The maximum absolute atomic E-state index is 12.7. The summed E-state index contributed by atoms with van der Waals surface area (Å²) in [6, 6.07) is 1.49. The van der Waals surface area contributed by atoms with Crippen LogP contribution in [0.5, 0.6) is 0 Å². The molecule has 1 heterocycles. The van der Waals surface area contributed by atoms with Crippen molar-refractivity contribution in [1.82, 2.24) is 14.2 Å². The second-order valence-corrected chi connectivity index (χ2v) is 7.68. The molecule has 0 aliphatic heterocycles. The molecule has 0 aliphatic carbocycles. The molecule has 0 aliphatic rings. The molecule has 0 fully saturated rings. The van der Waals surface area contributed by atoms with Gasteiger partial charge in [0, 0.05) is 32.0 Å². The van der Waals surface area contributed by atoms with Crippen LogP contribution in [0.15, 0.2) is 23.4 Å². The molecular formula is C13H22ClN3O2S. The predicted octanol–water partition coefficient (Wildman–Crippen LogP) is 1.94. The van der Waals surface area contributed by atoms with Crippen molar-refractivity contribution in [1.29, 1.82) is 0 Å². The van der Waals surface area contributed by atoms with Gasteiger partial charge in [0.05, 0.1) is 5.02 Å². The minimum Gasteiger partial charge on any atom is -0.308 e. The largest absolute Gasteiger partial charge is 0.308 e. The molecule has 1 rings (SSSR count). The van der Waals surface area contributed by atoms with Crippen molar-refractivity contribution in [2.24, 2.45) is 5.92 Å². The van der Waals surface area contributed by atoms with E-state index in [1.165, 1.54) is 22.8 Å². The minimum atomic E-state index is -3.61. The average molecular weight is 320 g/mol. The summed E-state index contributed by atoms with van der Waals surface area (Å²) in [4.78, 5) is 5.89. The fraction of sp³-hybridized carbons (Fsp3) is 0.615. The van der Waals surface area contributed by atoms with Gasteiger partial charge in [-0.15, -0.1) is 0 Å². The number of hydrogen-bond donors (Lipinski definition) is 0. The van der Waals surface area contributed by atoms with Gasteiger partial charge in [0.2, 0.25) is 10.0 Å². The van der Waals surface area contributed by atoms with Crippen molar-refractivity contribution in [3.05, 3.63) is 23.5 Å². The molecule has 0 unspecified atom stereocenters. The Morgan fingerprint density at radius 2 is 1.95 bits per heavy atom. The molecule has 0 radical (unpaired) electrons. The number of likely N-dealkylation sites (N-methyl/N-ethyl adjacent to an activating group) is 1. The lowest BCUT2D eigenvalue weighted by atomic mass is 10.2. The maximum atomic E-state index is 12.7. The van der Waals surface area contributed by atoms with E-state index in [0.717, 1.165) is 0 Å². The van der Waals surface area contributed by atoms with Crippen LogP contribution in [0.3, 0.4) is 0 Å². The second-order valence-electron chi connectivity index (χ2n) is 5.37. The third-order valence-electron chi connectivity index (χ3n) is 2.72. The summed E-state index contributed by atoms with van der Waals surface area (Å²) in [5.74, 6) is 0.238. The van der Waals surface area contributed by atoms with E-state index >= 15 is 0 Å². The normalized spacial score (nSPS) is 12.6. The van der Waals surface area contributed by atoms with Gasteiger partial charge in [0.15, 0.2) is 0 Å². The Morgan fingerprint density at radius 3 is 2.45 bits per heavy atom. The highest BCUT2D eigenvalue weighted by atomic mass is 35.5. The highest BCUT2D eigenvalue weighted by Crippen LogP contribution is 2.23. The van der Waals surface area contributed by atoms with Gasteiger partial charge in [-0.05, 0) is 26.1 Å². The summed E-state index contributed by atoms with van der Waals surface area (Å²) in [5.41, 5.74) is 0. The van der Waals surface area contributed by atoms with Crippen molar-refractivity contribution in [3.63, 3.8) is 0 Å². The number of nitrogens with zero attached hydrogens (tertiary/aromatic N) is 3. The first-order valence-corrected chi connectivity index (χ1v) is 8.31. The molecule has 0 N–H and O–H groups in total. The first kappa shape index (κ1) is 17.4. The van der Waals surface area contributed by atoms with Crippen LogP contribution >= 0.6 is 11.6 Å². The van der Waals surface area contributed by atoms with Gasteiger partial charge in [-0.1, -0.05) is 25.4 Å². The summed E-state index contributed by atoms with van der Waals surface area (Å²) in [7, 11) is 0.218. The summed E-state index contributed by atoms with van der Waals surface area (Å²) < 4.78 is 26.8. The summed E-state index contributed by atoms with van der Waals surface area (Å²) in [5, 5.41) is 0.207. The molecule has 7 heteroatoms. The van der Waals surface area contributed by atoms with E-state index in [1.807, 2.05) is 32.8 Å². The smallest absolute Gasteiger partial charge is 0.246 e. The molecule has 5 nitrogen and oxygen atoms in total. The van der Waals surface area contributed by atoms with E-state index in [9.17, 15) is 8.42 Å². The summed E-state index contributed by atoms with van der Waals surface area (Å²) in [6.07, 6.45) is 2.79. The van der Waals surface area contributed by atoms with Gasteiger partial charge in [-0.2, -0.15) is 4.31 Å². The van der Waals surface area contributed by atoms with Crippen LogP contribution in [0.25, 0.3) is 0 Å². The molecular weight excluding hydrogens is 298 g/mol. The number of hydrogen-bond acceptors (Lipinski definition) is 4. The Balaban J connectivity index is 3.07. The molecule has 0 bridgehead atoms. The van der Waals surface area contributed by atoms with E-state index in [1.54, 1.807) is 0 Å². The van der Waals surface area contributed by atoms with Crippen LogP contribution in [-0.4, -0.2) is 56.3 Å². The standard InChI is InChI=1S/C13H22ClN3O2S/c1-11(2)10-17(8-7-16(3)4)20(18,19)13-9-15-6-5-12(13)14/h5-6,9,11H,7-8,10H2,1-4H3. The Labute approximate surface area is 126 Å². The van der Waals surface area contributed by atoms with Crippen molar-refractivity contribution in [3.8, 4) is 0 Å². The highest BCUT2D eigenvalue weighted by Gasteiger charge is 2.27. The van der Waals surface area contributed by atoms with Gasteiger partial charge >= 0.3 is 0 Å². The predicted molar refractivity (Wildman–Crippen MR) is 81.4 cm³/mol. The topological polar surface area (TPSA) is 53.5 Å². The van der Waals surface area contributed by atoms with Gasteiger partial charge < -0.3 is 4.90 Å². The lowest BCUT2D eigenvalue weighted by Crippen LogP contribution is -2.39. The number of sulfonamides is 1. The number of rotatable bonds is 7. The average Bonchev–Trinajstić information content (AvgIpc) is 2.34. The first-order valence-electron chi connectivity index (χ1n) is 6.49. The van der Waals surface area contributed by atoms with Crippen LogP contribution in [-0.2, 0) is 10.0 Å². The Morgan fingerprint density at radius 1 is 1.30 bits per heavy atom. The van der Waals surface area contributed by atoms with E-state index < -0.39 is 10.0 Å². The fourth-order valence-electron chi connectivity index (χ4n) is 1.72. The molecule has 0 saturated heterocycles. The lowest BCUT2D eigenvalue weighted by Gasteiger charge is -2.25. The zero-order valence-corrected chi connectivity index (χ0v) is 13.9. The molecule has 20 heavy (non-hydrogen) atoms. The van der Waals surface area contributed by atoms with Crippen LogP contribution in [0.2, 0.25) is 5.02 Å². The van der Waals surface area contributed by atoms with Crippen molar-refractivity contribution in [2.75, 3.05) is 33.7 Å². The van der Waals surface area contributed by atoms with Crippen molar-refractivity contribution < 1.29 is 8.42 Å². The molecule has 114 valence electrons. The fourth-order valence-corrected chi connectivity index (χ4v) is 3.72. The minimum absolute atomic E-state index is 0.0704. The van der Waals surface area contributed by atoms with Gasteiger partial charge in [-0.3, -0.25) is 4.98 Å². The summed E-state index contributed by atoms with van der Waals surface area (Å²) >= 11 is 6.00. The van der Waals surface area contributed by atoms with Crippen LogP contribution in [0.1, 0.15) is 13.8 Å². The number of aromatic nitrogens is 1. The van der Waals surface area contributed by atoms with Crippen molar-refractivity contribution >= 4 is 21.6 Å². The first-order chi connectivity index (χ1) is 9.25. The Hall–Kier alpha value is -0.690. The van der Waals surface area contributed by atoms with Gasteiger partial charge in [0.1, 0.15) is 4.90 Å². The third-order valence-corrected chi connectivity index (χ3v) is 5.05. The Kier molecular flexibility index (Phi) is 6.39. The van der Waals surface area contributed by atoms with Crippen LogP contribution in [0, 0.1) is 5.92 Å². The van der Waals surface area contributed by atoms with E-state index in [0.29, 0.717) is 19.6 Å². The van der Waals surface area contributed by atoms with Crippen LogP contribution in [0.4, 0.5) is 0 Å². The molecule has 0 saturated carbocycles. The molecule has 0 amide bonds. The SMILES string of the molecule is CC(C)CN(CCN(C)C)S(=O)(=O)c1cnccc1Cl. The molecule has 0 aromatic carbocycles. The number of pyridine rings is 1. The number of halogens is 1. The molecule has 1 aromatic rings. The highest BCUT2D eigenvalue weighted by molar-refractivity contribution is 7.89. The summed E-state index contributed by atoms with van der Waals surface area (Å²) in [6.45, 7) is 5.52. The maximum Gasteiger partial charge on any atom is 0.246 e. The molecule has 1 aromatic heterocycles. The van der Waals surface area contributed by atoms with E-state index in [4.69, 9.17) is 11.6 Å². The van der Waals surface area contributed by atoms with Crippen molar-refractivity contribution in [2.45, 2.75) is 18.7 Å². The van der Waals surface area contributed by atoms with E-state index in [-0.39, 0.29) is 15.8 Å². The molecule has 0 atom stereocenters. The Bertz CT molecular complexity index is 532. The molecule has 0 spiro atoms. The van der Waals surface area contributed by atoms with E-state index in [2.05, 4.69) is 4.98 Å². The quantitative estimate of drug-likeness (QED) is 0.771. The zero-order valence-electron chi connectivity index (χ0n) is 12.4. The van der Waals surface area contributed by atoms with Gasteiger partial charge in [-0.25, -0.2) is 8.42 Å².